The molecule has 0 amide bonds. The average molecular weight is 357 g/mol. The first kappa shape index (κ1) is 24.3. The van der Waals surface area contributed by atoms with E-state index in [-0.39, 0.29) is 40.8 Å². The number of hydrogen-bond acceptors (Lipinski definition) is 6. The smallest absolute Gasteiger partial charge is 0.545 e. The van der Waals surface area contributed by atoms with Crippen LogP contribution in [0.15, 0.2) is 38.0 Å². The molecule has 16 heavy (non-hydrogen) atoms. The zero-order valence-electron chi connectivity index (χ0n) is 8.30. The van der Waals surface area contributed by atoms with Crippen LogP contribution in [0.2, 0.25) is 0 Å². The van der Waals surface area contributed by atoms with Crippen LogP contribution < -0.4 is 15.3 Å². The Morgan fingerprint density at radius 1 is 0.688 bits per heavy atom. The molecule has 0 unspecified atom stereocenters. The normalized spacial score (nSPS) is 6.00. The van der Waals surface area contributed by atoms with Crippen LogP contribution in [-0.4, -0.2) is 17.9 Å². The fourth-order valence-corrected chi connectivity index (χ4v) is 0. The first-order valence-electron chi connectivity index (χ1n) is 3.32. The summed E-state index contributed by atoms with van der Waals surface area (Å²) in [5, 5.41) is 27.4. The quantitative estimate of drug-likeness (QED) is 0.490. The summed E-state index contributed by atoms with van der Waals surface area (Å²) in [6, 6.07) is 0. The number of hydrogen-bond donors (Lipinski definition) is 0. The van der Waals surface area contributed by atoms with Gasteiger partial charge < -0.3 is 29.7 Å². The van der Waals surface area contributed by atoms with Gasteiger partial charge in [0.15, 0.2) is 0 Å². The van der Waals surface area contributed by atoms with Gasteiger partial charge >= 0.3 is 40.8 Å². The molecular formula is C9H9NdO6. The van der Waals surface area contributed by atoms with Crippen molar-refractivity contribution >= 4 is 17.9 Å². The maximum absolute atomic E-state index is 9.14. The van der Waals surface area contributed by atoms with Gasteiger partial charge in [0, 0.05) is 0 Å². The number of carboxylic acid groups (broad SMARTS) is 3. The SMILES string of the molecule is C=CC(=O)[O-].C=CC(=O)[O-].C=CC(=O)[O-].[Nd+3]. The van der Waals surface area contributed by atoms with Crippen molar-refractivity contribution in [2.75, 3.05) is 0 Å². The molecule has 0 bridgehead atoms. The molecule has 0 aromatic rings. The van der Waals surface area contributed by atoms with Gasteiger partial charge in [-0.2, -0.15) is 0 Å². The van der Waals surface area contributed by atoms with Crippen molar-refractivity contribution in [1.82, 2.24) is 0 Å². The van der Waals surface area contributed by atoms with E-state index in [1.807, 2.05) is 0 Å². The second kappa shape index (κ2) is 19.5. The van der Waals surface area contributed by atoms with Gasteiger partial charge in [0.1, 0.15) is 0 Å². The number of carbonyl (C=O) groups is 3. The van der Waals surface area contributed by atoms with Gasteiger partial charge in [-0.05, 0) is 18.2 Å². The fourth-order valence-electron chi connectivity index (χ4n) is 0. The largest absolute Gasteiger partial charge is 3.00 e. The Kier molecular flexibility index (Phi) is 29.7. The summed E-state index contributed by atoms with van der Waals surface area (Å²) >= 11 is 0. The van der Waals surface area contributed by atoms with E-state index < -0.39 is 17.9 Å². The standard InChI is InChI=1S/3C3H4O2.Nd/c3*1-2-3(4)5;/h3*2H,1H2,(H,4,5);/q;;;+3/p-3. The summed E-state index contributed by atoms with van der Waals surface area (Å²) in [7, 11) is 0. The fraction of sp³-hybridized carbons (Fsp3) is 0. The average Bonchev–Trinajstić information content (AvgIpc) is 2.19. The third kappa shape index (κ3) is 75.1. The Morgan fingerprint density at radius 2 is 0.750 bits per heavy atom. The molecule has 0 aliphatic rings. The molecule has 0 N–H and O–H groups in total. The van der Waals surface area contributed by atoms with Gasteiger partial charge in [-0.15, -0.1) is 0 Å². The first-order chi connectivity index (χ1) is 6.81. The molecule has 0 aromatic heterocycles. The van der Waals surface area contributed by atoms with Crippen LogP contribution >= 0.6 is 0 Å². The maximum atomic E-state index is 9.14. The van der Waals surface area contributed by atoms with Crippen LogP contribution in [0.5, 0.6) is 0 Å². The van der Waals surface area contributed by atoms with E-state index >= 15 is 0 Å². The molecule has 1 radical (unpaired) electrons. The van der Waals surface area contributed by atoms with Crippen LogP contribution in [0.4, 0.5) is 0 Å². The second-order valence-corrected chi connectivity index (χ2v) is 1.57. The van der Waals surface area contributed by atoms with Crippen LogP contribution in [0.25, 0.3) is 0 Å². The third-order valence-electron chi connectivity index (χ3n) is 0.500. The molecule has 0 heterocycles. The Morgan fingerprint density at radius 3 is 0.750 bits per heavy atom. The third-order valence-corrected chi connectivity index (χ3v) is 0.500. The molecule has 0 aromatic carbocycles. The zero-order chi connectivity index (χ0) is 12.9. The molecule has 0 aliphatic heterocycles. The monoisotopic (exact) mass is 355 g/mol. The molecular weight excluding hydrogens is 348 g/mol. The summed E-state index contributed by atoms with van der Waals surface area (Å²) < 4.78 is 0. The summed E-state index contributed by atoms with van der Waals surface area (Å²) in [6.45, 7) is 8.69. The van der Waals surface area contributed by atoms with Gasteiger partial charge in [-0.3, -0.25) is 0 Å². The minimum Gasteiger partial charge on any atom is -0.545 e. The van der Waals surface area contributed by atoms with E-state index in [2.05, 4.69) is 19.7 Å². The molecule has 0 spiro atoms. The molecule has 0 aliphatic carbocycles. The van der Waals surface area contributed by atoms with E-state index in [0.29, 0.717) is 0 Å². The summed E-state index contributed by atoms with van der Waals surface area (Å²) in [6.07, 6.45) is 2.17. The van der Waals surface area contributed by atoms with Crippen molar-refractivity contribution in [2.24, 2.45) is 0 Å². The molecule has 0 fully saturated rings. The van der Waals surface area contributed by atoms with Crippen molar-refractivity contribution in [3.8, 4) is 0 Å². The van der Waals surface area contributed by atoms with E-state index in [4.69, 9.17) is 29.7 Å². The Labute approximate surface area is 125 Å². The van der Waals surface area contributed by atoms with Crippen LogP contribution in [-0.2, 0) is 14.4 Å². The van der Waals surface area contributed by atoms with Crippen LogP contribution in [0.1, 0.15) is 0 Å². The second-order valence-electron chi connectivity index (χ2n) is 1.57. The molecule has 7 heteroatoms. The number of aliphatic carboxylic acids is 3. The van der Waals surface area contributed by atoms with Crippen molar-refractivity contribution < 1.29 is 70.5 Å². The minimum atomic E-state index is -1.23. The van der Waals surface area contributed by atoms with E-state index in [1.54, 1.807) is 0 Å². The molecule has 0 saturated carbocycles. The molecule has 85 valence electrons. The van der Waals surface area contributed by atoms with Crippen LogP contribution in [0.3, 0.4) is 0 Å². The van der Waals surface area contributed by atoms with Crippen molar-refractivity contribution in [3.63, 3.8) is 0 Å². The molecule has 6 nitrogen and oxygen atoms in total. The zero-order valence-corrected chi connectivity index (χ0v) is 11.5. The van der Waals surface area contributed by atoms with Crippen molar-refractivity contribution in [3.05, 3.63) is 38.0 Å². The summed E-state index contributed by atoms with van der Waals surface area (Å²) in [4.78, 5) is 27.4. The number of carbonyl (C=O) groups excluding carboxylic acids is 3. The van der Waals surface area contributed by atoms with Crippen LogP contribution in [0, 0.1) is 40.8 Å². The van der Waals surface area contributed by atoms with E-state index in [0.717, 1.165) is 18.2 Å². The van der Waals surface area contributed by atoms with Crippen molar-refractivity contribution in [2.45, 2.75) is 0 Å². The Balaban J connectivity index is -0.0000000655. The Bertz CT molecular complexity index is 216. The Hall–Kier alpha value is -1.02. The summed E-state index contributed by atoms with van der Waals surface area (Å²) in [5.74, 6) is -3.69. The number of carboxylic acids is 3. The first-order valence-corrected chi connectivity index (χ1v) is 3.32. The molecule has 0 saturated heterocycles. The van der Waals surface area contributed by atoms with Gasteiger partial charge in [-0.1, -0.05) is 19.7 Å². The van der Waals surface area contributed by atoms with Crippen molar-refractivity contribution in [1.29, 1.82) is 0 Å². The van der Waals surface area contributed by atoms with Gasteiger partial charge in [0.25, 0.3) is 0 Å². The van der Waals surface area contributed by atoms with Gasteiger partial charge in [0.05, 0.1) is 17.9 Å². The van der Waals surface area contributed by atoms with E-state index in [1.165, 1.54) is 0 Å². The minimum absolute atomic E-state index is 0. The molecule has 0 rings (SSSR count). The predicted octanol–water partition coefficient (Wildman–Crippen LogP) is -3.23. The van der Waals surface area contributed by atoms with Gasteiger partial charge in [0.2, 0.25) is 0 Å². The molecule has 0 atom stereocenters. The maximum Gasteiger partial charge on any atom is 3.00 e. The summed E-state index contributed by atoms with van der Waals surface area (Å²) in [5.41, 5.74) is 0. The predicted molar refractivity (Wildman–Crippen MR) is 45.6 cm³/mol. The topological polar surface area (TPSA) is 120 Å². The van der Waals surface area contributed by atoms with Gasteiger partial charge in [-0.25, -0.2) is 0 Å². The number of rotatable bonds is 3. The van der Waals surface area contributed by atoms with E-state index in [9.17, 15) is 0 Å².